The van der Waals surface area contributed by atoms with Crippen molar-refractivity contribution in [2.45, 2.75) is 25.4 Å². The summed E-state index contributed by atoms with van der Waals surface area (Å²) in [5, 5.41) is 8.97. The average molecular weight is 212 g/mol. The van der Waals surface area contributed by atoms with Gasteiger partial charge in [0.2, 0.25) is 5.91 Å². The monoisotopic (exact) mass is 212 g/mol. The third kappa shape index (κ3) is 2.58. The van der Waals surface area contributed by atoms with Crippen LogP contribution < -0.4 is 0 Å². The van der Waals surface area contributed by atoms with Gasteiger partial charge in [0.25, 0.3) is 0 Å². The van der Waals surface area contributed by atoms with E-state index in [0.717, 1.165) is 6.54 Å². The Hall–Kier alpha value is -0.870. The Morgan fingerprint density at radius 1 is 1.67 bits per heavy atom. The number of carbonyl (C=O) groups is 1. The van der Waals surface area contributed by atoms with Crippen molar-refractivity contribution in [1.82, 2.24) is 9.80 Å². The van der Waals surface area contributed by atoms with Crippen LogP contribution in [0.2, 0.25) is 0 Å². The largest absolute Gasteiger partial charge is 0.396 e. The smallest absolute Gasteiger partial charge is 0.239 e. The topological polar surface area (TPSA) is 43.8 Å². The molecule has 2 atom stereocenters. The fourth-order valence-electron chi connectivity index (χ4n) is 2.16. The van der Waals surface area contributed by atoms with Crippen molar-refractivity contribution in [3.63, 3.8) is 0 Å². The van der Waals surface area contributed by atoms with Crippen molar-refractivity contribution in [2.75, 3.05) is 26.7 Å². The van der Waals surface area contributed by atoms with E-state index >= 15 is 0 Å². The second kappa shape index (κ2) is 5.28. The molecule has 4 heteroatoms. The third-order valence-electron chi connectivity index (χ3n) is 2.91. The summed E-state index contributed by atoms with van der Waals surface area (Å²) in [4.78, 5) is 15.7. The van der Waals surface area contributed by atoms with Crippen LogP contribution in [0.25, 0.3) is 0 Å². The predicted molar refractivity (Wildman–Crippen MR) is 59.5 cm³/mol. The second-order valence-electron chi connectivity index (χ2n) is 4.08. The standard InChI is InChI=1S/C11H20N2O2/c1-4-6-13-9(2)8-12(3)11(15)10(13)5-7-14/h4,9-10,14H,1,5-8H2,2-3H3. The van der Waals surface area contributed by atoms with E-state index in [-0.39, 0.29) is 18.6 Å². The van der Waals surface area contributed by atoms with Gasteiger partial charge in [0.1, 0.15) is 0 Å². The molecule has 0 aliphatic carbocycles. The summed E-state index contributed by atoms with van der Waals surface area (Å²) in [5.74, 6) is 0.101. The molecule has 2 unspecified atom stereocenters. The van der Waals surface area contributed by atoms with Gasteiger partial charge in [-0.25, -0.2) is 0 Å². The summed E-state index contributed by atoms with van der Waals surface area (Å²) in [6.07, 6.45) is 2.31. The highest BCUT2D eigenvalue weighted by molar-refractivity contribution is 5.82. The van der Waals surface area contributed by atoms with Gasteiger partial charge in [-0.1, -0.05) is 6.08 Å². The molecule has 1 aliphatic rings. The molecule has 0 aromatic heterocycles. The summed E-state index contributed by atoms with van der Waals surface area (Å²) in [5.41, 5.74) is 0. The molecule has 1 amide bonds. The highest BCUT2D eigenvalue weighted by Crippen LogP contribution is 2.18. The van der Waals surface area contributed by atoms with E-state index in [1.54, 1.807) is 11.0 Å². The summed E-state index contributed by atoms with van der Waals surface area (Å²) in [7, 11) is 1.81. The van der Waals surface area contributed by atoms with Crippen molar-refractivity contribution in [3.05, 3.63) is 12.7 Å². The summed E-state index contributed by atoms with van der Waals surface area (Å²) >= 11 is 0. The van der Waals surface area contributed by atoms with Crippen molar-refractivity contribution in [3.8, 4) is 0 Å². The van der Waals surface area contributed by atoms with E-state index in [0.29, 0.717) is 19.0 Å². The molecule has 0 saturated carbocycles. The molecule has 0 radical (unpaired) electrons. The number of aliphatic hydroxyl groups excluding tert-OH is 1. The lowest BCUT2D eigenvalue weighted by molar-refractivity contribution is -0.143. The zero-order valence-electron chi connectivity index (χ0n) is 9.52. The Kier molecular flexibility index (Phi) is 4.29. The van der Waals surface area contributed by atoms with Crippen LogP contribution in [0.1, 0.15) is 13.3 Å². The van der Waals surface area contributed by atoms with Crippen LogP contribution in [-0.4, -0.2) is 59.6 Å². The first-order valence-corrected chi connectivity index (χ1v) is 5.34. The van der Waals surface area contributed by atoms with Crippen LogP contribution in [0.15, 0.2) is 12.7 Å². The van der Waals surface area contributed by atoms with E-state index in [4.69, 9.17) is 5.11 Å². The zero-order chi connectivity index (χ0) is 11.4. The van der Waals surface area contributed by atoms with Gasteiger partial charge in [0, 0.05) is 32.8 Å². The minimum Gasteiger partial charge on any atom is -0.396 e. The predicted octanol–water partition coefficient (Wildman–Crippen LogP) is 0.0859. The first-order chi connectivity index (χ1) is 7.11. The molecule has 0 bridgehead atoms. The lowest BCUT2D eigenvalue weighted by Crippen LogP contribution is -2.60. The number of hydrogen-bond donors (Lipinski definition) is 1. The molecule has 1 rings (SSSR count). The van der Waals surface area contributed by atoms with Gasteiger partial charge in [0.05, 0.1) is 6.04 Å². The van der Waals surface area contributed by atoms with E-state index in [2.05, 4.69) is 18.4 Å². The quantitative estimate of drug-likeness (QED) is 0.671. The highest BCUT2D eigenvalue weighted by Gasteiger charge is 2.35. The summed E-state index contributed by atoms with van der Waals surface area (Å²) in [6, 6.07) is 0.129. The Morgan fingerprint density at radius 3 is 2.87 bits per heavy atom. The van der Waals surface area contributed by atoms with Gasteiger partial charge in [0.15, 0.2) is 0 Å². The van der Waals surface area contributed by atoms with E-state index in [1.165, 1.54) is 0 Å². The fraction of sp³-hybridized carbons (Fsp3) is 0.727. The minimum absolute atomic E-state index is 0.0462. The molecular weight excluding hydrogens is 192 g/mol. The summed E-state index contributed by atoms with van der Waals surface area (Å²) < 4.78 is 0. The van der Waals surface area contributed by atoms with Crippen LogP contribution in [-0.2, 0) is 4.79 Å². The van der Waals surface area contributed by atoms with Crippen LogP contribution in [0, 0.1) is 0 Å². The van der Waals surface area contributed by atoms with Crippen LogP contribution >= 0.6 is 0 Å². The second-order valence-corrected chi connectivity index (χ2v) is 4.08. The van der Waals surface area contributed by atoms with Gasteiger partial charge < -0.3 is 10.0 Å². The first kappa shape index (κ1) is 12.2. The molecular formula is C11H20N2O2. The highest BCUT2D eigenvalue weighted by atomic mass is 16.3. The Balaban J connectivity index is 2.79. The van der Waals surface area contributed by atoms with Gasteiger partial charge in [-0.3, -0.25) is 9.69 Å². The number of nitrogens with zero attached hydrogens (tertiary/aromatic N) is 2. The number of carbonyl (C=O) groups excluding carboxylic acids is 1. The maximum atomic E-state index is 11.9. The number of hydrogen-bond acceptors (Lipinski definition) is 3. The molecule has 86 valence electrons. The average Bonchev–Trinajstić information content (AvgIpc) is 2.20. The Bertz CT molecular complexity index is 243. The lowest BCUT2D eigenvalue weighted by atomic mass is 10.0. The first-order valence-electron chi connectivity index (χ1n) is 5.34. The molecule has 1 fully saturated rings. The molecule has 0 spiro atoms. The van der Waals surface area contributed by atoms with Crippen molar-refractivity contribution in [1.29, 1.82) is 0 Å². The normalized spacial score (nSPS) is 28.2. The molecule has 1 saturated heterocycles. The van der Waals surface area contributed by atoms with Gasteiger partial charge in [-0.05, 0) is 13.3 Å². The zero-order valence-corrected chi connectivity index (χ0v) is 9.52. The molecule has 4 nitrogen and oxygen atoms in total. The van der Waals surface area contributed by atoms with Crippen LogP contribution in [0.3, 0.4) is 0 Å². The molecule has 1 heterocycles. The molecule has 15 heavy (non-hydrogen) atoms. The lowest BCUT2D eigenvalue weighted by Gasteiger charge is -2.43. The summed E-state index contributed by atoms with van der Waals surface area (Å²) in [6.45, 7) is 7.28. The van der Waals surface area contributed by atoms with Crippen molar-refractivity contribution >= 4 is 5.91 Å². The number of piperazine rings is 1. The minimum atomic E-state index is -0.193. The number of aliphatic hydroxyl groups is 1. The molecule has 1 aliphatic heterocycles. The molecule has 1 N–H and O–H groups in total. The molecule has 0 aromatic carbocycles. The number of amides is 1. The van der Waals surface area contributed by atoms with Crippen LogP contribution in [0.4, 0.5) is 0 Å². The van der Waals surface area contributed by atoms with E-state index in [1.807, 2.05) is 7.05 Å². The van der Waals surface area contributed by atoms with Gasteiger partial charge >= 0.3 is 0 Å². The Morgan fingerprint density at radius 2 is 2.33 bits per heavy atom. The van der Waals surface area contributed by atoms with Gasteiger partial charge in [-0.2, -0.15) is 0 Å². The third-order valence-corrected chi connectivity index (χ3v) is 2.91. The van der Waals surface area contributed by atoms with Crippen molar-refractivity contribution < 1.29 is 9.90 Å². The maximum absolute atomic E-state index is 11.9. The SMILES string of the molecule is C=CCN1C(C)CN(C)C(=O)C1CCO. The Labute approximate surface area is 91.2 Å². The van der Waals surface area contributed by atoms with E-state index < -0.39 is 0 Å². The number of rotatable bonds is 4. The number of likely N-dealkylation sites (N-methyl/N-ethyl adjacent to an activating group) is 1. The van der Waals surface area contributed by atoms with Crippen molar-refractivity contribution in [2.24, 2.45) is 0 Å². The van der Waals surface area contributed by atoms with E-state index in [9.17, 15) is 4.79 Å². The fourth-order valence-corrected chi connectivity index (χ4v) is 2.16. The van der Waals surface area contributed by atoms with Gasteiger partial charge in [-0.15, -0.1) is 6.58 Å². The molecule has 0 aromatic rings. The van der Waals surface area contributed by atoms with Crippen LogP contribution in [0.5, 0.6) is 0 Å². The maximum Gasteiger partial charge on any atom is 0.239 e.